The molecule has 132 valence electrons. The van der Waals surface area contributed by atoms with Gasteiger partial charge < -0.3 is 5.32 Å². The van der Waals surface area contributed by atoms with Gasteiger partial charge in [-0.3, -0.25) is 14.6 Å². The Morgan fingerprint density at radius 2 is 1.92 bits per heavy atom. The van der Waals surface area contributed by atoms with Crippen molar-refractivity contribution in [2.75, 3.05) is 5.32 Å². The summed E-state index contributed by atoms with van der Waals surface area (Å²) >= 11 is 0. The number of aryl methyl sites for hydroxylation is 2. The molecular weight excluding hydrogens is 328 g/mol. The van der Waals surface area contributed by atoms with Gasteiger partial charge in [-0.15, -0.1) is 0 Å². The monoisotopic (exact) mass is 348 g/mol. The molecular formula is C20H20N4O2. The molecule has 0 unspecified atom stereocenters. The Morgan fingerprint density at radius 3 is 2.54 bits per heavy atom. The van der Waals surface area contributed by atoms with Crippen LogP contribution < -0.4 is 10.9 Å². The average molecular weight is 348 g/mol. The van der Waals surface area contributed by atoms with Gasteiger partial charge >= 0.3 is 0 Å². The van der Waals surface area contributed by atoms with Crippen LogP contribution in [0.5, 0.6) is 0 Å². The van der Waals surface area contributed by atoms with Gasteiger partial charge in [-0.1, -0.05) is 30.3 Å². The number of nitrogens with zero attached hydrogens (tertiary/aromatic N) is 3. The topological polar surface area (TPSA) is 76.9 Å². The third kappa shape index (κ3) is 3.26. The first-order valence-electron chi connectivity index (χ1n) is 8.42. The molecule has 0 bridgehead atoms. The third-order valence-electron chi connectivity index (χ3n) is 4.15. The van der Waals surface area contributed by atoms with Crippen LogP contribution in [-0.4, -0.2) is 20.5 Å². The number of aromatic nitrogens is 3. The van der Waals surface area contributed by atoms with E-state index in [-0.39, 0.29) is 22.6 Å². The SMILES string of the molecule is CCn1nc(-c2ccccc2)c(C(C)=O)c(Nc2cnccc2C)c1=O. The molecule has 0 aliphatic rings. The van der Waals surface area contributed by atoms with Gasteiger partial charge in [-0.2, -0.15) is 5.10 Å². The summed E-state index contributed by atoms with van der Waals surface area (Å²) in [5.74, 6) is -0.222. The third-order valence-corrected chi connectivity index (χ3v) is 4.15. The quantitative estimate of drug-likeness (QED) is 0.713. The molecule has 0 fully saturated rings. The van der Waals surface area contributed by atoms with E-state index in [2.05, 4.69) is 15.4 Å². The van der Waals surface area contributed by atoms with E-state index in [0.717, 1.165) is 11.1 Å². The van der Waals surface area contributed by atoms with Crippen LogP contribution >= 0.6 is 0 Å². The largest absolute Gasteiger partial charge is 0.349 e. The summed E-state index contributed by atoms with van der Waals surface area (Å²) in [6.07, 6.45) is 3.32. The van der Waals surface area contributed by atoms with Crippen LogP contribution in [0.15, 0.2) is 53.6 Å². The van der Waals surface area contributed by atoms with Crippen LogP contribution in [0.2, 0.25) is 0 Å². The van der Waals surface area contributed by atoms with Crippen molar-refractivity contribution in [3.63, 3.8) is 0 Å². The number of carbonyl (C=O) groups is 1. The molecule has 6 nitrogen and oxygen atoms in total. The number of pyridine rings is 1. The lowest BCUT2D eigenvalue weighted by atomic mass is 10.0. The number of rotatable bonds is 5. The summed E-state index contributed by atoms with van der Waals surface area (Å²) in [6, 6.07) is 11.2. The molecule has 2 aromatic heterocycles. The van der Waals surface area contributed by atoms with Gasteiger partial charge in [0.05, 0.1) is 17.4 Å². The van der Waals surface area contributed by atoms with Crippen molar-refractivity contribution in [3.05, 3.63) is 70.3 Å². The van der Waals surface area contributed by atoms with Gasteiger partial charge in [0.15, 0.2) is 5.78 Å². The van der Waals surface area contributed by atoms with Crippen molar-refractivity contribution in [2.45, 2.75) is 27.3 Å². The number of benzene rings is 1. The predicted octanol–water partition coefficient (Wildman–Crippen LogP) is 3.58. The minimum atomic E-state index is -0.333. The first-order valence-corrected chi connectivity index (χ1v) is 8.42. The summed E-state index contributed by atoms with van der Waals surface area (Å²) in [5.41, 5.74) is 3.06. The molecule has 0 amide bonds. The average Bonchev–Trinajstić information content (AvgIpc) is 2.65. The zero-order chi connectivity index (χ0) is 18.7. The van der Waals surface area contributed by atoms with Gasteiger partial charge in [-0.25, -0.2) is 4.68 Å². The number of nitrogens with one attached hydrogen (secondary N) is 1. The first-order chi connectivity index (χ1) is 12.5. The molecule has 0 radical (unpaired) electrons. The first kappa shape index (κ1) is 17.5. The number of anilines is 2. The Bertz CT molecular complexity index is 1010. The summed E-state index contributed by atoms with van der Waals surface area (Å²) in [6.45, 7) is 5.60. The zero-order valence-electron chi connectivity index (χ0n) is 15.0. The fourth-order valence-corrected chi connectivity index (χ4v) is 2.77. The Balaban J connectivity index is 2.30. The highest BCUT2D eigenvalue weighted by atomic mass is 16.1. The van der Waals surface area contributed by atoms with E-state index in [4.69, 9.17) is 0 Å². The summed E-state index contributed by atoms with van der Waals surface area (Å²) in [7, 11) is 0. The van der Waals surface area contributed by atoms with Crippen LogP contribution in [0.4, 0.5) is 11.4 Å². The van der Waals surface area contributed by atoms with Crippen molar-refractivity contribution in [3.8, 4) is 11.3 Å². The fourth-order valence-electron chi connectivity index (χ4n) is 2.77. The van der Waals surface area contributed by atoms with Crippen LogP contribution in [0.3, 0.4) is 0 Å². The zero-order valence-corrected chi connectivity index (χ0v) is 15.0. The fraction of sp³-hybridized carbons (Fsp3) is 0.200. The maximum atomic E-state index is 12.9. The maximum absolute atomic E-state index is 12.9. The van der Waals surface area contributed by atoms with Crippen molar-refractivity contribution in [2.24, 2.45) is 0 Å². The molecule has 0 aliphatic heterocycles. The number of ketones is 1. The van der Waals surface area contributed by atoms with Crippen molar-refractivity contribution >= 4 is 17.2 Å². The highest BCUT2D eigenvalue weighted by Crippen LogP contribution is 2.28. The van der Waals surface area contributed by atoms with Gasteiger partial charge in [0.25, 0.3) is 5.56 Å². The van der Waals surface area contributed by atoms with Crippen molar-refractivity contribution in [1.82, 2.24) is 14.8 Å². The molecule has 6 heteroatoms. The smallest absolute Gasteiger partial charge is 0.291 e. The second kappa shape index (κ2) is 7.31. The van der Waals surface area contributed by atoms with Crippen LogP contribution in [0.25, 0.3) is 11.3 Å². The highest BCUT2D eigenvalue weighted by molar-refractivity contribution is 6.05. The van der Waals surface area contributed by atoms with Gasteiger partial charge in [-0.05, 0) is 32.4 Å². The lowest BCUT2D eigenvalue weighted by Crippen LogP contribution is -2.28. The van der Waals surface area contributed by atoms with Crippen molar-refractivity contribution in [1.29, 1.82) is 0 Å². The van der Waals surface area contributed by atoms with Crippen LogP contribution in [0.1, 0.15) is 29.8 Å². The minimum Gasteiger partial charge on any atom is -0.349 e. The van der Waals surface area contributed by atoms with E-state index in [1.807, 2.05) is 50.2 Å². The lowest BCUT2D eigenvalue weighted by molar-refractivity contribution is 0.101. The summed E-state index contributed by atoms with van der Waals surface area (Å²) < 4.78 is 1.36. The van der Waals surface area contributed by atoms with E-state index < -0.39 is 0 Å². The molecule has 26 heavy (non-hydrogen) atoms. The van der Waals surface area contributed by atoms with Crippen molar-refractivity contribution < 1.29 is 4.79 Å². The molecule has 3 aromatic rings. The molecule has 1 N–H and O–H groups in total. The van der Waals surface area contributed by atoms with Gasteiger partial charge in [0, 0.05) is 18.3 Å². The van der Waals surface area contributed by atoms with E-state index in [0.29, 0.717) is 17.9 Å². The Morgan fingerprint density at radius 1 is 1.19 bits per heavy atom. The molecule has 0 aliphatic carbocycles. The maximum Gasteiger partial charge on any atom is 0.291 e. The molecule has 1 aromatic carbocycles. The standard InChI is InChI=1S/C20H20N4O2/c1-4-24-20(26)19(22-16-12-21-11-10-13(16)2)17(14(3)25)18(23-24)15-8-6-5-7-9-15/h5-12,22H,4H2,1-3H3. The predicted molar refractivity (Wildman–Crippen MR) is 102 cm³/mol. The number of hydrogen-bond acceptors (Lipinski definition) is 5. The Kier molecular flexibility index (Phi) is 4.93. The van der Waals surface area contributed by atoms with Gasteiger partial charge in [0.2, 0.25) is 0 Å². The Hall–Kier alpha value is -3.28. The second-order valence-corrected chi connectivity index (χ2v) is 5.96. The lowest BCUT2D eigenvalue weighted by Gasteiger charge is -2.16. The minimum absolute atomic E-state index is 0.222. The molecule has 0 saturated heterocycles. The van der Waals surface area contributed by atoms with Crippen LogP contribution in [-0.2, 0) is 6.54 Å². The molecule has 0 atom stereocenters. The number of Topliss-reactive ketones (excluding diaryl/α,β-unsaturated/α-hetero) is 1. The molecule has 3 rings (SSSR count). The van der Waals surface area contributed by atoms with Crippen LogP contribution in [0, 0.1) is 6.92 Å². The summed E-state index contributed by atoms with van der Waals surface area (Å²) in [4.78, 5) is 29.4. The van der Waals surface area contributed by atoms with Gasteiger partial charge in [0.1, 0.15) is 11.4 Å². The van der Waals surface area contributed by atoms with E-state index >= 15 is 0 Å². The number of carbonyl (C=O) groups excluding carboxylic acids is 1. The van der Waals surface area contributed by atoms with E-state index in [1.54, 1.807) is 12.4 Å². The summed E-state index contributed by atoms with van der Waals surface area (Å²) in [5, 5.41) is 7.55. The highest BCUT2D eigenvalue weighted by Gasteiger charge is 2.22. The van der Waals surface area contributed by atoms with E-state index in [1.165, 1.54) is 11.6 Å². The molecule has 0 spiro atoms. The number of hydrogen-bond donors (Lipinski definition) is 1. The molecule has 0 saturated carbocycles. The van der Waals surface area contributed by atoms with E-state index in [9.17, 15) is 9.59 Å². The molecule has 2 heterocycles. The second-order valence-electron chi connectivity index (χ2n) is 5.96. The normalized spacial score (nSPS) is 10.6. The Labute approximate surface area is 151 Å².